The summed E-state index contributed by atoms with van der Waals surface area (Å²) in [7, 11) is -3.83. The molecule has 1 rings (SSSR count). The topological polar surface area (TPSA) is 92.7 Å². The van der Waals surface area contributed by atoms with E-state index in [9.17, 15) is 18.0 Å². The van der Waals surface area contributed by atoms with Gasteiger partial charge in [-0.2, -0.15) is 4.99 Å². The summed E-state index contributed by atoms with van der Waals surface area (Å²) in [5, 5.41) is 0. The number of aliphatic imine (C=N–C) groups is 1. The van der Waals surface area contributed by atoms with Crippen LogP contribution in [0.1, 0.15) is 6.92 Å². The van der Waals surface area contributed by atoms with Gasteiger partial charge in [-0.05, 0) is 24.3 Å². The molecule has 7 heteroatoms. The summed E-state index contributed by atoms with van der Waals surface area (Å²) in [6.07, 6.45) is 1.33. The molecule has 0 aliphatic rings. The van der Waals surface area contributed by atoms with E-state index in [2.05, 4.69) is 4.99 Å². The highest BCUT2D eigenvalue weighted by Crippen LogP contribution is 2.15. The number of hydrogen-bond donors (Lipinski definition) is 1. The Bertz CT molecular complexity index is 541. The fourth-order valence-electron chi connectivity index (χ4n) is 1.00. The maximum absolute atomic E-state index is 11.5. The number of amides is 1. The van der Waals surface area contributed by atoms with E-state index in [1.54, 1.807) is 0 Å². The molecule has 0 aliphatic carbocycles. The van der Waals surface area contributed by atoms with Crippen LogP contribution in [0.3, 0.4) is 0 Å². The van der Waals surface area contributed by atoms with Gasteiger partial charge in [0.1, 0.15) is 0 Å². The molecule has 16 heavy (non-hydrogen) atoms. The van der Waals surface area contributed by atoms with Gasteiger partial charge in [-0.1, -0.05) is 0 Å². The average Bonchev–Trinajstić information content (AvgIpc) is 2.17. The number of hydrogen-bond acceptors (Lipinski definition) is 5. The Labute approximate surface area is 92.1 Å². The van der Waals surface area contributed by atoms with E-state index >= 15 is 0 Å². The van der Waals surface area contributed by atoms with Crippen molar-refractivity contribution in [1.29, 1.82) is 0 Å². The first-order chi connectivity index (χ1) is 7.45. The molecule has 1 aromatic carbocycles. The number of isocyanates is 1. The first kappa shape index (κ1) is 12.1. The Hall–Kier alpha value is -1.98. The highest BCUT2D eigenvalue weighted by atomic mass is 32.2. The van der Waals surface area contributed by atoms with Crippen molar-refractivity contribution in [2.75, 3.05) is 0 Å². The van der Waals surface area contributed by atoms with Gasteiger partial charge in [-0.15, -0.1) is 0 Å². The molecule has 1 aromatic rings. The van der Waals surface area contributed by atoms with Crippen LogP contribution in [-0.4, -0.2) is 20.4 Å². The van der Waals surface area contributed by atoms with Gasteiger partial charge < -0.3 is 0 Å². The predicted molar refractivity (Wildman–Crippen MR) is 55.2 cm³/mol. The summed E-state index contributed by atoms with van der Waals surface area (Å²) in [5.74, 6) is -0.671. The number of nitrogens with zero attached hydrogens (tertiary/aromatic N) is 1. The van der Waals surface area contributed by atoms with Crippen LogP contribution in [0.15, 0.2) is 34.2 Å². The standard InChI is InChI=1S/C9H8N2O4S/c1-7(13)11-16(14,15)9-4-2-8(3-5-9)10-6-12/h2-5H,1H3,(H,11,13). The van der Waals surface area contributed by atoms with Crippen molar-refractivity contribution in [2.24, 2.45) is 4.99 Å². The van der Waals surface area contributed by atoms with Crippen LogP contribution in [0.4, 0.5) is 5.69 Å². The number of nitrogens with one attached hydrogen (secondary N) is 1. The normalized spacial score (nSPS) is 10.3. The minimum absolute atomic E-state index is 0.0763. The van der Waals surface area contributed by atoms with Crippen molar-refractivity contribution in [3.05, 3.63) is 24.3 Å². The fraction of sp³-hybridized carbons (Fsp3) is 0.111. The maximum atomic E-state index is 11.5. The number of benzene rings is 1. The van der Waals surface area contributed by atoms with Crippen LogP contribution in [0.25, 0.3) is 0 Å². The second-order valence-electron chi connectivity index (χ2n) is 2.86. The van der Waals surface area contributed by atoms with E-state index < -0.39 is 15.9 Å². The van der Waals surface area contributed by atoms with E-state index in [0.717, 1.165) is 6.92 Å². The number of carbonyl (C=O) groups is 1. The molecule has 0 fully saturated rings. The van der Waals surface area contributed by atoms with Crippen LogP contribution in [-0.2, 0) is 19.6 Å². The summed E-state index contributed by atoms with van der Waals surface area (Å²) >= 11 is 0. The lowest BCUT2D eigenvalue weighted by Crippen LogP contribution is -2.28. The van der Waals surface area contributed by atoms with Crippen molar-refractivity contribution in [1.82, 2.24) is 4.72 Å². The second kappa shape index (κ2) is 4.69. The minimum Gasteiger partial charge on any atom is -0.274 e. The van der Waals surface area contributed by atoms with Crippen LogP contribution >= 0.6 is 0 Å². The van der Waals surface area contributed by atoms with Crippen molar-refractivity contribution < 1.29 is 18.0 Å². The van der Waals surface area contributed by atoms with Crippen molar-refractivity contribution in [3.63, 3.8) is 0 Å². The molecule has 1 amide bonds. The molecule has 0 radical (unpaired) electrons. The van der Waals surface area contributed by atoms with Crippen molar-refractivity contribution >= 4 is 27.7 Å². The molecule has 0 bridgehead atoms. The number of rotatable bonds is 3. The second-order valence-corrected chi connectivity index (χ2v) is 4.54. The molecule has 1 N–H and O–H groups in total. The zero-order chi connectivity index (χ0) is 12.2. The highest BCUT2D eigenvalue weighted by molar-refractivity contribution is 7.90. The lowest BCUT2D eigenvalue weighted by molar-refractivity contribution is -0.117. The van der Waals surface area contributed by atoms with E-state index in [0.29, 0.717) is 0 Å². The van der Waals surface area contributed by atoms with Gasteiger partial charge in [0.05, 0.1) is 10.6 Å². The molecule has 0 aromatic heterocycles. The van der Waals surface area contributed by atoms with Crippen LogP contribution in [0.2, 0.25) is 0 Å². The van der Waals surface area contributed by atoms with E-state index in [1.807, 2.05) is 4.72 Å². The van der Waals surface area contributed by atoms with Gasteiger partial charge in [0.2, 0.25) is 12.0 Å². The summed E-state index contributed by atoms with van der Waals surface area (Å²) in [5.41, 5.74) is 0.289. The van der Waals surface area contributed by atoms with Crippen molar-refractivity contribution in [2.45, 2.75) is 11.8 Å². The Kier molecular flexibility index (Phi) is 3.55. The SMILES string of the molecule is CC(=O)NS(=O)(=O)c1ccc(N=C=O)cc1. The monoisotopic (exact) mass is 240 g/mol. The first-order valence-corrected chi connectivity index (χ1v) is 5.65. The molecule has 0 spiro atoms. The highest BCUT2D eigenvalue weighted by Gasteiger charge is 2.14. The molecule has 0 unspecified atom stereocenters. The smallest absolute Gasteiger partial charge is 0.264 e. The molecule has 84 valence electrons. The van der Waals surface area contributed by atoms with E-state index in [4.69, 9.17) is 0 Å². The maximum Gasteiger partial charge on any atom is 0.264 e. The van der Waals surface area contributed by atoms with Crippen molar-refractivity contribution in [3.8, 4) is 0 Å². The van der Waals surface area contributed by atoms with Gasteiger partial charge >= 0.3 is 0 Å². The lowest BCUT2D eigenvalue weighted by atomic mass is 10.3. The first-order valence-electron chi connectivity index (χ1n) is 4.17. The summed E-state index contributed by atoms with van der Waals surface area (Å²) in [6.45, 7) is 1.10. The predicted octanol–water partition coefficient (Wildman–Crippen LogP) is 0.479. The third-order valence-electron chi connectivity index (χ3n) is 1.60. The van der Waals surface area contributed by atoms with Crippen LogP contribution < -0.4 is 4.72 Å². The average molecular weight is 240 g/mol. The van der Waals surface area contributed by atoms with Crippen LogP contribution in [0, 0.1) is 0 Å². The Balaban J connectivity index is 3.06. The number of sulfonamides is 1. The summed E-state index contributed by atoms with van der Waals surface area (Å²) < 4.78 is 24.8. The fourth-order valence-corrected chi connectivity index (χ4v) is 1.99. The van der Waals surface area contributed by atoms with Crippen LogP contribution in [0.5, 0.6) is 0 Å². The van der Waals surface area contributed by atoms with Gasteiger partial charge in [-0.25, -0.2) is 17.9 Å². The van der Waals surface area contributed by atoms with Gasteiger partial charge in [0.15, 0.2) is 0 Å². The molecular weight excluding hydrogens is 232 g/mol. The van der Waals surface area contributed by atoms with Gasteiger partial charge in [0, 0.05) is 6.92 Å². The van der Waals surface area contributed by atoms with Gasteiger partial charge in [-0.3, -0.25) is 4.79 Å². The molecule has 0 atom stereocenters. The lowest BCUT2D eigenvalue weighted by Gasteiger charge is -2.03. The van der Waals surface area contributed by atoms with E-state index in [1.165, 1.54) is 30.3 Å². The Morgan fingerprint density at radius 1 is 1.31 bits per heavy atom. The molecular formula is C9H8N2O4S. The zero-order valence-corrected chi connectivity index (χ0v) is 9.11. The largest absolute Gasteiger partial charge is 0.274 e. The van der Waals surface area contributed by atoms with E-state index in [-0.39, 0.29) is 10.6 Å². The minimum atomic E-state index is -3.83. The Morgan fingerprint density at radius 2 is 1.88 bits per heavy atom. The summed E-state index contributed by atoms with van der Waals surface area (Å²) in [4.78, 5) is 23.8. The third kappa shape index (κ3) is 3.01. The quantitative estimate of drug-likeness (QED) is 0.614. The summed E-state index contributed by atoms with van der Waals surface area (Å²) in [6, 6.07) is 5.14. The zero-order valence-electron chi connectivity index (χ0n) is 8.30. The molecule has 0 aliphatic heterocycles. The molecule has 0 heterocycles. The molecule has 0 saturated heterocycles. The Morgan fingerprint density at radius 3 is 2.31 bits per heavy atom. The third-order valence-corrected chi connectivity index (χ3v) is 3.05. The molecule has 6 nitrogen and oxygen atoms in total. The number of carbonyl (C=O) groups excluding carboxylic acids is 2. The van der Waals surface area contributed by atoms with Gasteiger partial charge in [0.25, 0.3) is 10.0 Å². The molecule has 0 saturated carbocycles.